The van der Waals surface area contributed by atoms with Gasteiger partial charge in [-0.2, -0.15) is 0 Å². The molecule has 2 heterocycles. The molecule has 0 saturated carbocycles. The first-order valence-corrected chi connectivity index (χ1v) is 7.78. The Morgan fingerprint density at radius 1 is 1.38 bits per heavy atom. The molecule has 0 fully saturated rings. The average molecular weight is 327 g/mol. The number of hydrogen-bond donors (Lipinski definition) is 2. The van der Waals surface area contributed by atoms with Gasteiger partial charge in [-0.05, 0) is 23.9 Å². The summed E-state index contributed by atoms with van der Waals surface area (Å²) in [7, 11) is 1.23. The van der Waals surface area contributed by atoms with Gasteiger partial charge in [-0.3, -0.25) is 9.59 Å². The van der Waals surface area contributed by atoms with Gasteiger partial charge < -0.3 is 15.2 Å². The van der Waals surface area contributed by atoms with Crippen LogP contribution in [0.15, 0.2) is 17.5 Å². The summed E-state index contributed by atoms with van der Waals surface area (Å²) in [5.74, 6) is -2.13. The lowest BCUT2D eigenvalue weighted by Gasteiger charge is -2.13. The van der Waals surface area contributed by atoms with Crippen molar-refractivity contribution in [2.24, 2.45) is 0 Å². The number of esters is 1. The maximum atomic E-state index is 12.1. The number of thiophene rings is 2. The molecule has 2 N–H and O–H groups in total. The summed E-state index contributed by atoms with van der Waals surface area (Å²) in [5, 5.41) is 13.5. The normalized spacial score (nSPS) is 12.0. The largest absolute Gasteiger partial charge is 0.480 e. The molecule has 2 aromatic heterocycles. The highest BCUT2D eigenvalue weighted by Gasteiger charge is 2.22. The topological polar surface area (TPSA) is 92.7 Å². The molecule has 8 heteroatoms. The minimum Gasteiger partial charge on any atom is -0.480 e. The Morgan fingerprint density at radius 2 is 2.14 bits per heavy atom. The van der Waals surface area contributed by atoms with E-state index in [0.29, 0.717) is 4.88 Å². The molecular weight excluding hydrogens is 314 g/mol. The number of amides is 1. The second kappa shape index (κ2) is 6.68. The first kappa shape index (κ1) is 15.5. The molecule has 0 aromatic carbocycles. The number of hydrogen-bond acceptors (Lipinski definition) is 6. The number of aliphatic carboxylic acids is 1. The van der Waals surface area contributed by atoms with Crippen molar-refractivity contribution in [2.45, 2.75) is 18.9 Å². The lowest BCUT2D eigenvalue weighted by Crippen LogP contribution is -2.40. The molecule has 0 radical (unpaired) electrons. The van der Waals surface area contributed by atoms with Crippen molar-refractivity contribution in [2.75, 3.05) is 7.11 Å². The lowest BCUT2D eigenvalue weighted by molar-refractivity contribution is -0.142. The van der Waals surface area contributed by atoms with E-state index < -0.39 is 23.9 Å². The number of methoxy groups -OCH3 is 1. The van der Waals surface area contributed by atoms with Crippen molar-refractivity contribution in [1.29, 1.82) is 0 Å². The van der Waals surface area contributed by atoms with Crippen molar-refractivity contribution in [1.82, 2.24) is 5.32 Å². The van der Waals surface area contributed by atoms with Gasteiger partial charge in [-0.25, -0.2) is 4.79 Å². The molecular formula is C13H13NO5S2. The molecule has 0 aliphatic carbocycles. The molecule has 1 amide bonds. The van der Waals surface area contributed by atoms with Crippen LogP contribution in [0.4, 0.5) is 0 Å². The smallest absolute Gasteiger partial charge is 0.326 e. The zero-order chi connectivity index (χ0) is 15.4. The maximum absolute atomic E-state index is 12.1. The van der Waals surface area contributed by atoms with E-state index in [-0.39, 0.29) is 12.8 Å². The molecule has 0 saturated heterocycles. The Kier molecular flexibility index (Phi) is 4.92. The molecule has 0 aliphatic heterocycles. The zero-order valence-electron chi connectivity index (χ0n) is 11.1. The Bertz CT molecular complexity index is 646. The highest BCUT2D eigenvalue weighted by Crippen LogP contribution is 2.29. The van der Waals surface area contributed by atoms with Crippen LogP contribution in [0.5, 0.6) is 0 Å². The van der Waals surface area contributed by atoms with Crippen LogP contribution in [-0.2, 0) is 14.3 Å². The van der Waals surface area contributed by atoms with E-state index >= 15 is 0 Å². The van der Waals surface area contributed by atoms with E-state index in [4.69, 9.17) is 5.11 Å². The number of carbonyl (C=O) groups is 3. The standard InChI is InChI=1S/C13H13NO5S2/c1-19-11(15)3-2-7(13(17)18)14-12(16)10-6-9-8(21-10)4-5-20-9/h4-7H,2-3H2,1H3,(H,14,16)(H,17,18)/t7-/m0/s1. The average Bonchev–Trinajstić information content (AvgIpc) is 3.03. The monoisotopic (exact) mass is 327 g/mol. The fourth-order valence-electron chi connectivity index (χ4n) is 1.73. The molecule has 0 aliphatic rings. The number of rotatable bonds is 6. The molecule has 0 unspecified atom stereocenters. The van der Waals surface area contributed by atoms with Gasteiger partial charge in [0, 0.05) is 15.8 Å². The number of carbonyl (C=O) groups excluding carboxylic acids is 2. The summed E-state index contributed by atoms with van der Waals surface area (Å²) in [4.78, 5) is 34.7. The van der Waals surface area contributed by atoms with Crippen molar-refractivity contribution in [3.63, 3.8) is 0 Å². The molecule has 21 heavy (non-hydrogen) atoms. The fourth-order valence-corrected chi connectivity index (χ4v) is 3.74. The Morgan fingerprint density at radius 3 is 2.76 bits per heavy atom. The summed E-state index contributed by atoms with van der Waals surface area (Å²) < 4.78 is 6.44. The van der Waals surface area contributed by atoms with Gasteiger partial charge in [0.1, 0.15) is 6.04 Å². The van der Waals surface area contributed by atoms with E-state index in [0.717, 1.165) is 9.40 Å². The van der Waals surface area contributed by atoms with Gasteiger partial charge in [0.2, 0.25) is 0 Å². The van der Waals surface area contributed by atoms with Gasteiger partial charge in [-0.1, -0.05) is 0 Å². The number of ether oxygens (including phenoxy) is 1. The minimum atomic E-state index is -1.18. The Hall–Kier alpha value is -1.93. The van der Waals surface area contributed by atoms with Crippen LogP contribution in [0.3, 0.4) is 0 Å². The molecule has 6 nitrogen and oxygen atoms in total. The summed E-state index contributed by atoms with van der Waals surface area (Å²) in [6.45, 7) is 0. The molecule has 0 spiro atoms. The van der Waals surface area contributed by atoms with Gasteiger partial charge >= 0.3 is 11.9 Å². The highest BCUT2D eigenvalue weighted by molar-refractivity contribution is 7.27. The predicted octanol–water partition coefficient (Wildman–Crippen LogP) is 2.10. The van der Waals surface area contributed by atoms with Crippen LogP contribution in [0.1, 0.15) is 22.5 Å². The summed E-state index contributed by atoms with van der Waals surface area (Å²) in [5.41, 5.74) is 0. The van der Waals surface area contributed by atoms with Crippen LogP contribution in [0.25, 0.3) is 9.40 Å². The number of nitrogens with one attached hydrogen (secondary N) is 1. The van der Waals surface area contributed by atoms with Crippen LogP contribution in [-0.4, -0.2) is 36.1 Å². The molecule has 2 aromatic rings. The second-order valence-electron chi connectivity index (χ2n) is 4.24. The third kappa shape index (κ3) is 3.79. The first-order chi connectivity index (χ1) is 10.0. The predicted molar refractivity (Wildman–Crippen MR) is 79.8 cm³/mol. The van der Waals surface area contributed by atoms with Gasteiger partial charge in [0.05, 0.1) is 12.0 Å². The SMILES string of the molecule is COC(=O)CC[C@H](NC(=O)c1cc2sccc2s1)C(=O)O. The van der Waals surface area contributed by atoms with Crippen LogP contribution >= 0.6 is 22.7 Å². The first-order valence-electron chi connectivity index (χ1n) is 6.08. The fraction of sp³-hybridized carbons (Fsp3) is 0.308. The zero-order valence-corrected chi connectivity index (χ0v) is 12.8. The number of carboxylic acid groups (broad SMARTS) is 1. The van der Waals surface area contributed by atoms with E-state index in [9.17, 15) is 14.4 Å². The van der Waals surface area contributed by atoms with Gasteiger partial charge in [0.25, 0.3) is 5.91 Å². The second-order valence-corrected chi connectivity index (χ2v) is 6.27. The Balaban J connectivity index is 2.02. The summed E-state index contributed by atoms with van der Waals surface area (Å²) in [6.07, 6.45) is -0.0687. The van der Waals surface area contributed by atoms with Crippen molar-refractivity contribution >= 4 is 49.9 Å². The van der Waals surface area contributed by atoms with Crippen LogP contribution in [0, 0.1) is 0 Å². The molecule has 0 bridgehead atoms. The van der Waals surface area contributed by atoms with Crippen LogP contribution < -0.4 is 5.32 Å². The number of fused-ring (bicyclic) bond motifs is 1. The van der Waals surface area contributed by atoms with E-state index in [1.807, 2.05) is 11.4 Å². The van der Waals surface area contributed by atoms with E-state index in [1.165, 1.54) is 29.8 Å². The minimum absolute atomic E-state index is 0.00646. The van der Waals surface area contributed by atoms with Crippen LogP contribution in [0.2, 0.25) is 0 Å². The summed E-state index contributed by atoms with van der Waals surface area (Å²) in [6, 6.07) is 2.53. The van der Waals surface area contributed by atoms with Crippen molar-refractivity contribution < 1.29 is 24.2 Å². The highest BCUT2D eigenvalue weighted by atomic mass is 32.1. The molecule has 112 valence electrons. The van der Waals surface area contributed by atoms with E-state index in [2.05, 4.69) is 10.1 Å². The quantitative estimate of drug-likeness (QED) is 0.793. The van der Waals surface area contributed by atoms with Crippen molar-refractivity contribution in [3.05, 3.63) is 22.4 Å². The maximum Gasteiger partial charge on any atom is 0.326 e. The third-order valence-corrected chi connectivity index (χ3v) is 4.92. The molecule has 2 rings (SSSR count). The van der Waals surface area contributed by atoms with E-state index in [1.54, 1.807) is 6.07 Å². The summed E-state index contributed by atoms with van der Waals surface area (Å²) >= 11 is 2.83. The number of carboxylic acids is 1. The van der Waals surface area contributed by atoms with Gasteiger partial charge in [-0.15, -0.1) is 22.7 Å². The van der Waals surface area contributed by atoms with Crippen molar-refractivity contribution in [3.8, 4) is 0 Å². The molecule has 1 atom stereocenters. The third-order valence-electron chi connectivity index (χ3n) is 2.83. The van der Waals surface area contributed by atoms with Gasteiger partial charge in [0.15, 0.2) is 0 Å². The Labute approximate surface area is 128 Å². The lowest BCUT2D eigenvalue weighted by atomic mass is 10.1.